The average molecular weight is 387 g/mol. The third-order valence-corrected chi connectivity index (χ3v) is 4.12. The molecule has 0 atom stereocenters. The molecule has 5 nitrogen and oxygen atoms in total. The minimum Gasteiger partial charge on any atom is -0.423 e. The van der Waals surface area contributed by atoms with Crippen LogP contribution in [0.1, 0.15) is 21.5 Å². The van der Waals surface area contributed by atoms with Crippen molar-refractivity contribution in [3.8, 4) is 5.75 Å². The number of esters is 2. The van der Waals surface area contributed by atoms with Gasteiger partial charge < -0.3 is 9.47 Å². The predicted molar refractivity (Wildman–Crippen MR) is 105 cm³/mol. The number of cyclic esters (lactones) is 1. The zero-order valence-corrected chi connectivity index (χ0v) is 15.0. The van der Waals surface area contributed by atoms with Gasteiger partial charge in [0.2, 0.25) is 5.90 Å². The molecule has 3 aromatic carbocycles. The first-order valence-electron chi connectivity index (χ1n) is 8.74. The fraction of sp³-hybridized carbons (Fsp3) is 0. The van der Waals surface area contributed by atoms with Gasteiger partial charge in [-0.25, -0.2) is 19.0 Å². The van der Waals surface area contributed by atoms with Crippen LogP contribution in [0.5, 0.6) is 5.75 Å². The summed E-state index contributed by atoms with van der Waals surface area (Å²) < 4.78 is 23.5. The van der Waals surface area contributed by atoms with Crippen molar-refractivity contribution in [1.29, 1.82) is 0 Å². The summed E-state index contributed by atoms with van der Waals surface area (Å²) in [7, 11) is 0. The summed E-state index contributed by atoms with van der Waals surface area (Å²) in [5.41, 5.74) is 1.76. The summed E-state index contributed by atoms with van der Waals surface area (Å²) in [5, 5.41) is 0. The van der Waals surface area contributed by atoms with E-state index in [9.17, 15) is 14.0 Å². The van der Waals surface area contributed by atoms with Crippen molar-refractivity contribution in [1.82, 2.24) is 0 Å². The van der Waals surface area contributed by atoms with Crippen LogP contribution in [0.3, 0.4) is 0 Å². The summed E-state index contributed by atoms with van der Waals surface area (Å²) in [6.07, 6.45) is 1.56. The lowest BCUT2D eigenvalue weighted by atomic mass is 10.2. The fourth-order valence-electron chi connectivity index (χ4n) is 2.66. The summed E-state index contributed by atoms with van der Waals surface area (Å²) >= 11 is 0. The van der Waals surface area contributed by atoms with Crippen LogP contribution < -0.4 is 4.74 Å². The van der Waals surface area contributed by atoms with Gasteiger partial charge in [-0.1, -0.05) is 30.3 Å². The van der Waals surface area contributed by atoms with E-state index in [0.717, 1.165) is 0 Å². The van der Waals surface area contributed by atoms with Crippen LogP contribution in [-0.2, 0) is 9.53 Å². The molecule has 1 aliphatic rings. The molecule has 3 aromatic rings. The Balaban J connectivity index is 1.49. The number of hydrogen-bond donors (Lipinski definition) is 0. The number of ether oxygens (including phenoxy) is 2. The Morgan fingerprint density at radius 1 is 0.931 bits per heavy atom. The quantitative estimate of drug-likeness (QED) is 0.378. The van der Waals surface area contributed by atoms with Gasteiger partial charge in [0, 0.05) is 5.56 Å². The highest BCUT2D eigenvalue weighted by atomic mass is 19.1. The Morgan fingerprint density at radius 3 is 2.31 bits per heavy atom. The summed E-state index contributed by atoms with van der Waals surface area (Å²) in [4.78, 5) is 28.3. The molecule has 142 valence electrons. The van der Waals surface area contributed by atoms with Crippen molar-refractivity contribution in [3.05, 3.63) is 107 Å². The number of carbonyl (C=O) groups excluding carboxylic acids is 2. The minimum atomic E-state index is -0.594. The third kappa shape index (κ3) is 4.27. The van der Waals surface area contributed by atoms with E-state index in [1.165, 1.54) is 24.3 Å². The maximum Gasteiger partial charge on any atom is 0.363 e. The lowest BCUT2D eigenvalue weighted by Crippen LogP contribution is -2.07. The molecular formula is C23H14FNO4. The molecule has 0 radical (unpaired) electrons. The molecule has 0 aromatic heterocycles. The molecule has 0 saturated carbocycles. The lowest BCUT2D eigenvalue weighted by Gasteiger charge is -2.04. The standard InChI is InChI=1S/C23H14FNO4/c24-18-10-8-16(9-11-18)21-25-20(23(27)29-21)14-15-6-12-19(13-7-15)28-22(26)17-4-2-1-3-5-17/h1-14H/b20-14-. The van der Waals surface area contributed by atoms with Crippen molar-refractivity contribution >= 4 is 23.9 Å². The maximum absolute atomic E-state index is 13.0. The molecule has 0 unspecified atom stereocenters. The van der Waals surface area contributed by atoms with Gasteiger partial charge in [0.25, 0.3) is 0 Å². The van der Waals surface area contributed by atoms with E-state index in [-0.39, 0.29) is 17.4 Å². The Hall–Kier alpha value is -4.06. The van der Waals surface area contributed by atoms with Crippen LogP contribution in [0.2, 0.25) is 0 Å². The van der Waals surface area contributed by atoms with Gasteiger partial charge in [-0.05, 0) is 60.2 Å². The Kier molecular flexibility index (Phi) is 4.99. The first-order valence-corrected chi connectivity index (χ1v) is 8.74. The van der Waals surface area contributed by atoms with Crippen LogP contribution in [0, 0.1) is 5.82 Å². The molecule has 0 fully saturated rings. The van der Waals surface area contributed by atoms with E-state index in [4.69, 9.17) is 9.47 Å². The molecule has 4 rings (SSSR count). The van der Waals surface area contributed by atoms with Crippen LogP contribution in [0.25, 0.3) is 6.08 Å². The summed E-state index contributed by atoms with van der Waals surface area (Å²) in [6, 6.07) is 20.8. The number of carbonyl (C=O) groups is 2. The van der Waals surface area contributed by atoms with E-state index in [1.807, 2.05) is 6.07 Å². The largest absolute Gasteiger partial charge is 0.423 e. The summed E-state index contributed by atoms with van der Waals surface area (Å²) in [6.45, 7) is 0. The second kappa shape index (κ2) is 7.90. The average Bonchev–Trinajstić information content (AvgIpc) is 3.11. The molecule has 0 amide bonds. The highest BCUT2D eigenvalue weighted by Crippen LogP contribution is 2.21. The van der Waals surface area contributed by atoms with E-state index in [0.29, 0.717) is 22.4 Å². The second-order valence-corrected chi connectivity index (χ2v) is 6.17. The van der Waals surface area contributed by atoms with Crippen molar-refractivity contribution in [3.63, 3.8) is 0 Å². The van der Waals surface area contributed by atoms with E-state index >= 15 is 0 Å². The van der Waals surface area contributed by atoms with Crippen LogP contribution in [0.15, 0.2) is 89.6 Å². The van der Waals surface area contributed by atoms with Crippen molar-refractivity contribution in [2.24, 2.45) is 4.99 Å². The molecule has 6 heteroatoms. The van der Waals surface area contributed by atoms with Gasteiger partial charge in [0.15, 0.2) is 5.70 Å². The first-order chi connectivity index (χ1) is 14.1. The topological polar surface area (TPSA) is 65.0 Å². The number of aliphatic imine (C=N–C) groups is 1. The molecule has 0 saturated heterocycles. The third-order valence-electron chi connectivity index (χ3n) is 4.12. The smallest absolute Gasteiger partial charge is 0.363 e. The number of halogens is 1. The van der Waals surface area contributed by atoms with Crippen LogP contribution in [-0.4, -0.2) is 17.8 Å². The molecule has 0 bridgehead atoms. The molecule has 1 aliphatic heterocycles. The second-order valence-electron chi connectivity index (χ2n) is 6.17. The number of rotatable bonds is 4. The molecule has 0 spiro atoms. The van der Waals surface area contributed by atoms with Gasteiger partial charge >= 0.3 is 11.9 Å². The molecule has 1 heterocycles. The van der Waals surface area contributed by atoms with Gasteiger partial charge in [-0.3, -0.25) is 0 Å². The SMILES string of the molecule is O=C1OC(c2ccc(F)cc2)=N/C1=C\c1ccc(OC(=O)c2ccccc2)cc1. The molecule has 29 heavy (non-hydrogen) atoms. The van der Waals surface area contributed by atoms with Gasteiger partial charge in [0.05, 0.1) is 5.56 Å². The van der Waals surface area contributed by atoms with Gasteiger partial charge in [-0.2, -0.15) is 0 Å². The fourth-order valence-corrected chi connectivity index (χ4v) is 2.66. The predicted octanol–water partition coefficient (Wildman–Crippen LogP) is 4.39. The zero-order chi connectivity index (χ0) is 20.2. The van der Waals surface area contributed by atoms with Crippen LogP contribution in [0.4, 0.5) is 4.39 Å². The summed E-state index contributed by atoms with van der Waals surface area (Å²) in [5.74, 6) is -0.934. The monoisotopic (exact) mass is 387 g/mol. The molecule has 0 aliphatic carbocycles. The van der Waals surface area contributed by atoms with Crippen LogP contribution >= 0.6 is 0 Å². The Bertz CT molecular complexity index is 1120. The highest BCUT2D eigenvalue weighted by molar-refractivity contribution is 6.12. The maximum atomic E-state index is 13.0. The first kappa shape index (κ1) is 18.3. The van der Waals surface area contributed by atoms with Crippen molar-refractivity contribution < 1.29 is 23.5 Å². The lowest BCUT2D eigenvalue weighted by molar-refractivity contribution is -0.129. The Morgan fingerprint density at radius 2 is 1.62 bits per heavy atom. The normalized spacial score (nSPS) is 14.4. The number of benzene rings is 3. The van der Waals surface area contributed by atoms with E-state index in [2.05, 4.69) is 4.99 Å². The van der Waals surface area contributed by atoms with E-state index < -0.39 is 11.9 Å². The number of hydrogen-bond acceptors (Lipinski definition) is 5. The van der Waals surface area contributed by atoms with E-state index in [1.54, 1.807) is 54.6 Å². The Labute approximate surface area is 165 Å². The minimum absolute atomic E-state index is 0.120. The van der Waals surface area contributed by atoms with Crippen molar-refractivity contribution in [2.75, 3.05) is 0 Å². The van der Waals surface area contributed by atoms with Crippen molar-refractivity contribution in [2.45, 2.75) is 0 Å². The highest BCUT2D eigenvalue weighted by Gasteiger charge is 2.24. The zero-order valence-electron chi connectivity index (χ0n) is 15.0. The molecule has 0 N–H and O–H groups in total. The van der Waals surface area contributed by atoms with Gasteiger partial charge in [-0.15, -0.1) is 0 Å². The van der Waals surface area contributed by atoms with Gasteiger partial charge in [0.1, 0.15) is 11.6 Å². The number of nitrogens with zero attached hydrogens (tertiary/aromatic N) is 1. The molecular weight excluding hydrogens is 373 g/mol.